The number of pyridine rings is 1. The van der Waals surface area contributed by atoms with E-state index < -0.39 is 0 Å². The van der Waals surface area contributed by atoms with E-state index in [1.165, 1.54) is 5.56 Å². The van der Waals surface area contributed by atoms with Gasteiger partial charge in [-0.05, 0) is 37.3 Å². The third-order valence-electron chi connectivity index (χ3n) is 3.31. The number of rotatable bonds is 9. The number of hydrogen-bond donors (Lipinski definition) is 0. The van der Waals surface area contributed by atoms with Crippen LogP contribution in [0.2, 0.25) is 0 Å². The van der Waals surface area contributed by atoms with Crippen LogP contribution in [0, 0.1) is 5.92 Å². The van der Waals surface area contributed by atoms with Crippen LogP contribution >= 0.6 is 0 Å². The van der Waals surface area contributed by atoms with E-state index in [0.717, 1.165) is 38.5 Å². The summed E-state index contributed by atoms with van der Waals surface area (Å²) >= 11 is 0. The molecule has 1 heterocycles. The zero-order valence-corrected chi connectivity index (χ0v) is 12.1. The highest BCUT2D eigenvalue weighted by Gasteiger charge is 2.16. The molecule has 1 rings (SSSR count). The molecular weight excluding hydrogens is 238 g/mol. The molecule has 0 fully saturated rings. The molecule has 0 aliphatic carbocycles. The zero-order valence-electron chi connectivity index (χ0n) is 12.1. The van der Waals surface area contributed by atoms with Crippen molar-refractivity contribution in [3.05, 3.63) is 30.1 Å². The number of carbonyl (C=O) groups excluding carboxylic acids is 1. The minimum absolute atomic E-state index is 0.0258. The molecule has 3 heteroatoms. The van der Waals surface area contributed by atoms with Crippen LogP contribution in [0.3, 0.4) is 0 Å². The van der Waals surface area contributed by atoms with Gasteiger partial charge < -0.3 is 4.74 Å². The van der Waals surface area contributed by atoms with Crippen LogP contribution in [-0.4, -0.2) is 17.6 Å². The van der Waals surface area contributed by atoms with Gasteiger partial charge in [0.1, 0.15) is 0 Å². The molecule has 0 aromatic carbocycles. The third-order valence-corrected chi connectivity index (χ3v) is 3.31. The fourth-order valence-electron chi connectivity index (χ4n) is 2.05. The second-order valence-corrected chi connectivity index (χ2v) is 4.88. The minimum atomic E-state index is -0.0258. The summed E-state index contributed by atoms with van der Waals surface area (Å²) in [5, 5.41) is 0. The Kier molecular flexibility index (Phi) is 7.87. The Morgan fingerprint density at radius 1 is 1.37 bits per heavy atom. The number of esters is 1. The zero-order chi connectivity index (χ0) is 13.9. The molecule has 0 saturated heterocycles. The predicted molar refractivity (Wildman–Crippen MR) is 76.8 cm³/mol. The van der Waals surface area contributed by atoms with Crippen LogP contribution in [0.4, 0.5) is 0 Å². The Morgan fingerprint density at radius 2 is 2.21 bits per heavy atom. The molecule has 1 atom stereocenters. The van der Waals surface area contributed by atoms with Crippen molar-refractivity contribution in [2.24, 2.45) is 5.92 Å². The van der Waals surface area contributed by atoms with Gasteiger partial charge in [-0.3, -0.25) is 9.78 Å². The van der Waals surface area contributed by atoms with Gasteiger partial charge in [0, 0.05) is 12.4 Å². The Bertz CT molecular complexity index is 351. The molecule has 0 aliphatic heterocycles. The van der Waals surface area contributed by atoms with E-state index in [4.69, 9.17) is 4.74 Å². The lowest BCUT2D eigenvalue weighted by atomic mass is 10.00. The predicted octanol–water partition coefficient (Wildman–Crippen LogP) is 3.77. The average Bonchev–Trinajstić information content (AvgIpc) is 2.45. The molecule has 1 aromatic rings. The lowest BCUT2D eigenvalue weighted by molar-refractivity contribution is -0.149. The molecule has 1 aromatic heterocycles. The van der Waals surface area contributed by atoms with Gasteiger partial charge in [-0.1, -0.05) is 32.8 Å². The standard InChI is InChI=1S/C16H25NO2/c1-3-5-10-15(4-2)16(18)19-12-7-9-14-8-6-11-17-13-14/h6,8,11,13,15H,3-5,7,9-10,12H2,1-2H3. The summed E-state index contributed by atoms with van der Waals surface area (Å²) in [6.45, 7) is 4.71. The van der Waals surface area contributed by atoms with E-state index in [-0.39, 0.29) is 11.9 Å². The van der Waals surface area contributed by atoms with Crippen molar-refractivity contribution < 1.29 is 9.53 Å². The van der Waals surface area contributed by atoms with Gasteiger partial charge >= 0.3 is 5.97 Å². The molecule has 1 unspecified atom stereocenters. The fraction of sp³-hybridized carbons (Fsp3) is 0.625. The molecule has 0 bridgehead atoms. The van der Waals surface area contributed by atoms with Gasteiger partial charge in [0.05, 0.1) is 12.5 Å². The maximum atomic E-state index is 11.9. The van der Waals surface area contributed by atoms with Crippen molar-refractivity contribution >= 4 is 5.97 Å². The van der Waals surface area contributed by atoms with Gasteiger partial charge in [0.15, 0.2) is 0 Å². The van der Waals surface area contributed by atoms with Gasteiger partial charge in [-0.15, -0.1) is 0 Å². The number of ether oxygens (including phenoxy) is 1. The van der Waals surface area contributed by atoms with Crippen LogP contribution in [0.15, 0.2) is 24.5 Å². The maximum absolute atomic E-state index is 11.9. The lowest BCUT2D eigenvalue weighted by Gasteiger charge is -2.13. The van der Waals surface area contributed by atoms with Crippen LogP contribution in [0.5, 0.6) is 0 Å². The quantitative estimate of drug-likeness (QED) is 0.503. The van der Waals surface area contributed by atoms with Gasteiger partial charge in [0.25, 0.3) is 0 Å². The highest BCUT2D eigenvalue weighted by atomic mass is 16.5. The Morgan fingerprint density at radius 3 is 2.84 bits per heavy atom. The summed E-state index contributed by atoms with van der Waals surface area (Å²) in [4.78, 5) is 15.9. The van der Waals surface area contributed by atoms with Crippen molar-refractivity contribution in [3.8, 4) is 0 Å². The topological polar surface area (TPSA) is 39.2 Å². The average molecular weight is 263 g/mol. The summed E-state index contributed by atoms with van der Waals surface area (Å²) < 4.78 is 5.35. The first-order valence-electron chi connectivity index (χ1n) is 7.33. The van der Waals surface area contributed by atoms with E-state index in [9.17, 15) is 4.79 Å². The fourth-order valence-corrected chi connectivity index (χ4v) is 2.05. The normalized spacial score (nSPS) is 12.1. The molecule has 0 amide bonds. The highest BCUT2D eigenvalue weighted by Crippen LogP contribution is 2.14. The van der Waals surface area contributed by atoms with Crippen molar-refractivity contribution in [3.63, 3.8) is 0 Å². The largest absolute Gasteiger partial charge is 0.465 e. The van der Waals surface area contributed by atoms with E-state index in [1.807, 2.05) is 18.3 Å². The second kappa shape index (κ2) is 9.54. The molecule has 106 valence electrons. The number of hydrogen-bond acceptors (Lipinski definition) is 3. The first-order chi connectivity index (χ1) is 9.27. The molecule has 0 saturated carbocycles. The number of aryl methyl sites for hydroxylation is 1. The van der Waals surface area contributed by atoms with Gasteiger partial charge in [-0.25, -0.2) is 0 Å². The molecule has 0 aliphatic rings. The van der Waals surface area contributed by atoms with Crippen LogP contribution in [0.1, 0.15) is 51.5 Å². The molecule has 0 radical (unpaired) electrons. The van der Waals surface area contributed by atoms with E-state index in [0.29, 0.717) is 6.61 Å². The van der Waals surface area contributed by atoms with Crippen molar-refractivity contribution in [1.82, 2.24) is 4.98 Å². The smallest absolute Gasteiger partial charge is 0.308 e. The molecule has 3 nitrogen and oxygen atoms in total. The summed E-state index contributed by atoms with van der Waals surface area (Å²) in [5.74, 6) is 0.0560. The van der Waals surface area contributed by atoms with E-state index >= 15 is 0 Å². The summed E-state index contributed by atoms with van der Waals surface area (Å²) in [5.41, 5.74) is 1.19. The van der Waals surface area contributed by atoms with Crippen LogP contribution in [-0.2, 0) is 16.0 Å². The molecule has 0 N–H and O–H groups in total. The van der Waals surface area contributed by atoms with Crippen molar-refractivity contribution in [2.45, 2.75) is 52.4 Å². The van der Waals surface area contributed by atoms with Crippen molar-refractivity contribution in [1.29, 1.82) is 0 Å². The number of carbonyl (C=O) groups is 1. The Balaban J connectivity index is 2.19. The van der Waals surface area contributed by atoms with Crippen molar-refractivity contribution in [2.75, 3.05) is 6.61 Å². The van der Waals surface area contributed by atoms with E-state index in [2.05, 4.69) is 18.8 Å². The summed E-state index contributed by atoms with van der Waals surface area (Å²) in [7, 11) is 0. The molecule has 19 heavy (non-hydrogen) atoms. The van der Waals surface area contributed by atoms with Crippen LogP contribution < -0.4 is 0 Å². The maximum Gasteiger partial charge on any atom is 0.308 e. The first-order valence-corrected chi connectivity index (χ1v) is 7.33. The Labute approximate surface area is 116 Å². The highest BCUT2D eigenvalue weighted by molar-refractivity contribution is 5.72. The lowest BCUT2D eigenvalue weighted by Crippen LogP contribution is -2.18. The SMILES string of the molecule is CCCCC(CC)C(=O)OCCCc1cccnc1. The van der Waals surface area contributed by atoms with E-state index in [1.54, 1.807) is 6.20 Å². The molecule has 0 spiro atoms. The summed E-state index contributed by atoms with van der Waals surface area (Å²) in [6.07, 6.45) is 9.46. The monoisotopic (exact) mass is 263 g/mol. The van der Waals surface area contributed by atoms with Crippen LogP contribution in [0.25, 0.3) is 0 Å². The van der Waals surface area contributed by atoms with Gasteiger partial charge in [-0.2, -0.15) is 0 Å². The minimum Gasteiger partial charge on any atom is -0.465 e. The van der Waals surface area contributed by atoms with Gasteiger partial charge in [0.2, 0.25) is 0 Å². The first kappa shape index (κ1) is 15.7. The number of nitrogens with zero attached hydrogens (tertiary/aromatic N) is 1. The summed E-state index contributed by atoms with van der Waals surface area (Å²) in [6, 6.07) is 3.98. The second-order valence-electron chi connectivity index (χ2n) is 4.88. The third kappa shape index (κ3) is 6.37. The number of aromatic nitrogens is 1. The Hall–Kier alpha value is -1.38. The molecular formula is C16H25NO2. The number of unbranched alkanes of at least 4 members (excludes halogenated alkanes) is 1.